The fraction of sp³-hybridized carbons (Fsp3) is 0.333. The molecule has 8 heteroatoms. The Morgan fingerprint density at radius 2 is 1.59 bits per heavy atom. The second-order valence-corrected chi connectivity index (χ2v) is 8.10. The highest BCUT2D eigenvalue weighted by Gasteiger charge is 2.50. The van der Waals surface area contributed by atoms with Crippen molar-refractivity contribution in [3.63, 3.8) is 0 Å². The van der Waals surface area contributed by atoms with Crippen molar-refractivity contribution in [2.24, 2.45) is 11.8 Å². The summed E-state index contributed by atoms with van der Waals surface area (Å²) in [5, 5.41) is 22.2. The number of esters is 2. The highest BCUT2D eigenvalue weighted by molar-refractivity contribution is 6.20. The van der Waals surface area contributed by atoms with E-state index in [4.69, 9.17) is 15.9 Å². The van der Waals surface area contributed by atoms with Gasteiger partial charge in [-0.15, -0.1) is 6.42 Å². The van der Waals surface area contributed by atoms with Crippen molar-refractivity contribution in [1.82, 2.24) is 0 Å². The molecular formula is C24H20O8. The quantitative estimate of drug-likeness (QED) is 0.411. The third kappa shape index (κ3) is 3.09. The van der Waals surface area contributed by atoms with Crippen LogP contribution < -0.4 is 0 Å². The smallest absolute Gasteiger partial charge is 0.304 e. The van der Waals surface area contributed by atoms with Crippen LogP contribution in [0.4, 0.5) is 0 Å². The number of carbonyl (C=O) groups is 4. The summed E-state index contributed by atoms with van der Waals surface area (Å²) in [4.78, 5) is 49.9. The number of phenols is 2. The van der Waals surface area contributed by atoms with E-state index >= 15 is 0 Å². The van der Waals surface area contributed by atoms with Gasteiger partial charge in [0.1, 0.15) is 17.6 Å². The van der Waals surface area contributed by atoms with Gasteiger partial charge in [0, 0.05) is 37.8 Å². The SMILES string of the molecule is C#CC1(OC(C)=O)Cc2c(O)c3c(c(O)c2C(OC(C)=O)C1)C(=O)C1C=CC=CC1C3=O. The summed E-state index contributed by atoms with van der Waals surface area (Å²) >= 11 is 0. The van der Waals surface area contributed by atoms with Crippen LogP contribution >= 0.6 is 0 Å². The van der Waals surface area contributed by atoms with Crippen LogP contribution in [0, 0.1) is 24.2 Å². The van der Waals surface area contributed by atoms with Crippen LogP contribution in [0.1, 0.15) is 58.2 Å². The Kier molecular flexibility index (Phi) is 4.93. The number of hydrogen-bond donors (Lipinski definition) is 2. The lowest BCUT2D eigenvalue weighted by molar-refractivity contribution is -0.159. The van der Waals surface area contributed by atoms with E-state index in [0.717, 1.165) is 13.8 Å². The monoisotopic (exact) mass is 436 g/mol. The molecule has 3 aliphatic rings. The van der Waals surface area contributed by atoms with Gasteiger partial charge in [0.2, 0.25) is 0 Å². The number of allylic oxidation sites excluding steroid dienone is 4. The standard InChI is InChI=1S/C24H20O8/c1-4-24(32-12(3)26)9-15-17(16(10-24)31-11(2)25)23(30)19-18(22(15)29)20(27)13-7-5-6-8-14(13)21(19)28/h1,5-8,13-14,16,29-30H,9-10H2,2-3H3. The highest BCUT2D eigenvalue weighted by atomic mass is 16.6. The zero-order chi connectivity index (χ0) is 23.4. The number of benzene rings is 1. The highest BCUT2D eigenvalue weighted by Crippen LogP contribution is 2.52. The van der Waals surface area contributed by atoms with E-state index < -0.39 is 58.5 Å². The zero-order valence-corrected chi connectivity index (χ0v) is 17.4. The molecule has 0 bridgehead atoms. The summed E-state index contributed by atoms with van der Waals surface area (Å²) in [5.41, 5.74) is -2.25. The Morgan fingerprint density at radius 3 is 2.09 bits per heavy atom. The average Bonchev–Trinajstić information content (AvgIpc) is 2.73. The molecular weight excluding hydrogens is 416 g/mol. The van der Waals surface area contributed by atoms with Crippen molar-refractivity contribution in [3.8, 4) is 23.8 Å². The lowest BCUT2D eigenvalue weighted by atomic mass is 9.68. The molecule has 0 aliphatic heterocycles. The summed E-state index contributed by atoms with van der Waals surface area (Å²) in [6, 6.07) is 0. The molecule has 0 aromatic heterocycles. The molecule has 4 unspecified atom stereocenters. The van der Waals surface area contributed by atoms with Gasteiger partial charge in [-0.2, -0.15) is 0 Å². The van der Waals surface area contributed by atoms with E-state index in [1.165, 1.54) is 0 Å². The summed E-state index contributed by atoms with van der Waals surface area (Å²) in [6.07, 6.45) is 10.4. The molecule has 164 valence electrons. The normalized spacial score (nSPS) is 27.6. The molecule has 0 saturated heterocycles. The number of phenolic OH excluding ortho intramolecular Hbond substituents is 2. The van der Waals surface area contributed by atoms with E-state index in [2.05, 4.69) is 5.92 Å². The van der Waals surface area contributed by atoms with Gasteiger partial charge in [0.25, 0.3) is 0 Å². The number of aromatic hydroxyl groups is 2. The van der Waals surface area contributed by atoms with E-state index in [1.807, 2.05) is 0 Å². The Labute approximate surface area is 183 Å². The molecule has 1 aromatic carbocycles. The predicted octanol–water partition coefficient (Wildman–Crippen LogP) is 2.32. The van der Waals surface area contributed by atoms with Crippen molar-refractivity contribution in [1.29, 1.82) is 0 Å². The average molecular weight is 436 g/mol. The number of hydrogen-bond acceptors (Lipinski definition) is 8. The van der Waals surface area contributed by atoms with Gasteiger partial charge in [-0.1, -0.05) is 30.2 Å². The number of fused-ring (bicyclic) bond motifs is 3. The first kappa shape index (κ1) is 21.4. The van der Waals surface area contributed by atoms with Crippen molar-refractivity contribution < 1.29 is 38.9 Å². The maximum atomic E-state index is 13.2. The molecule has 4 rings (SSSR count). The van der Waals surface area contributed by atoms with Crippen molar-refractivity contribution in [2.75, 3.05) is 0 Å². The van der Waals surface area contributed by atoms with Crippen molar-refractivity contribution >= 4 is 23.5 Å². The molecule has 2 N–H and O–H groups in total. The summed E-state index contributed by atoms with van der Waals surface area (Å²) in [7, 11) is 0. The van der Waals surface area contributed by atoms with Gasteiger partial charge in [-0.3, -0.25) is 19.2 Å². The Balaban J connectivity index is 1.99. The molecule has 0 spiro atoms. The molecule has 1 aromatic rings. The first-order valence-corrected chi connectivity index (χ1v) is 9.99. The molecule has 0 amide bonds. The number of ketones is 2. The minimum Gasteiger partial charge on any atom is -0.507 e. The topological polar surface area (TPSA) is 127 Å². The van der Waals surface area contributed by atoms with Crippen LogP contribution in [0.25, 0.3) is 0 Å². The van der Waals surface area contributed by atoms with E-state index in [1.54, 1.807) is 24.3 Å². The first-order valence-electron chi connectivity index (χ1n) is 9.99. The fourth-order valence-electron chi connectivity index (χ4n) is 4.79. The van der Waals surface area contributed by atoms with Crippen LogP contribution in [0.3, 0.4) is 0 Å². The molecule has 8 nitrogen and oxygen atoms in total. The summed E-state index contributed by atoms with van der Waals surface area (Å²) < 4.78 is 10.7. The van der Waals surface area contributed by atoms with Crippen LogP contribution in [-0.4, -0.2) is 39.3 Å². The molecule has 4 atom stereocenters. The Bertz CT molecular complexity index is 1180. The molecule has 0 heterocycles. The van der Waals surface area contributed by atoms with Gasteiger partial charge in [0.05, 0.1) is 23.0 Å². The maximum absolute atomic E-state index is 13.2. The predicted molar refractivity (Wildman–Crippen MR) is 110 cm³/mol. The largest absolute Gasteiger partial charge is 0.507 e. The Hall–Kier alpha value is -3.86. The molecule has 0 radical (unpaired) electrons. The van der Waals surface area contributed by atoms with E-state index in [-0.39, 0.29) is 35.1 Å². The fourth-order valence-corrected chi connectivity index (χ4v) is 4.79. The van der Waals surface area contributed by atoms with Gasteiger partial charge < -0.3 is 19.7 Å². The van der Waals surface area contributed by atoms with Crippen LogP contribution in [0.5, 0.6) is 11.5 Å². The number of ether oxygens (including phenoxy) is 2. The number of rotatable bonds is 2. The summed E-state index contributed by atoms with van der Waals surface area (Å²) in [6.45, 7) is 2.30. The lowest BCUT2D eigenvalue weighted by Crippen LogP contribution is -2.42. The van der Waals surface area contributed by atoms with Crippen LogP contribution in [-0.2, 0) is 25.5 Å². The first-order chi connectivity index (χ1) is 15.1. The van der Waals surface area contributed by atoms with Crippen LogP contribution in [0.15, 0.2) is 24.3 Å². The molecule has 3 aliphatic carbocycles. The number of carbonyl (C=O) groups excluding carboxylic acids is 4. The van der Waals surface area contributed by atoms with Gasteiger partial charge in [-0.25, -0.2) is 0 Å². The third-order valence-electron chi connectivity index (χ3n) is 6.03. The minimum atomic E-state index is -1.59. The number of terminal acetylenes is 1. The third-order valence-corrected chi connectivity index (χ3v) is 6.03. The van der Waals surface area contributed by atoms with Gasteiger partial charge >= 0.3 is 11.9 Å². The van der Waals surface area contributed by atoms with Crippen molar-refractivity contribution in [3.05, 3.63) is 46.6 Å². The molecule has 32 heavy (non-hydrogen) atoms. The van der Waals surface area contributed by atoms with Crippen molar-refractivity contribution in [2.45, 2.75) is 38.4 Å². The number of Topliss-reactive ketones (excluding diaryl/α,β-unsaturated/α-hetero) is 2. The second kappa shape index (κ2) is 7.38. The lowest BCUT2D eigenvalue weighted by Gasteiger charge is -2.39. The minimum absolute atomic E-state index is 0.00659. The molecule has 0 fully saturated rings. The second-order valence-electron chi connectivity index (χ2n) is 8.10. The van der Waals surface area contributed by atoms with Gasteiger partial charge in [0.15, 0.2) is 17.2 Å². The summed E-state index contributed by atoms with van der Waals surface area (Å²) in [5.74, 6) is -2.81. The molecule has 0 saturated carbocycles. The maximum Gasteiger partial charge on any atom is 0.304 e. The zero-order valence-electron chi connectivity index (χ0n) is 17.4. The van der Waals surface area contributed by atoms with E-state index in [0.29, 0.717) is 0 Å². The van der Waals surface area contributed by atoms with E-state index in [9.17, 15) is 29.4 Å². The van der Waals surface area contributed by atoms with Crippen LogP contribution in [0.2, 0.25) is 0 Å². The Morgan fingerprint density at radius 1 is 1.03 bits per heavy atom. The van der Waals surface area contributed by atoms with Gasteiger partial charge in [-0.05, 0) is 0 Å².